The zero-order chi connectivity index (χ0) is 10.6. The Balaban J connectivity index is 2.60. The number of hydrogen-bond donors (Lipinski definition) is 2. The number of aliphatic hydroxyl groups is 1. The summed E-state index contributed by atoms with van der Waals surface area (Å²) in [6, 6.07) is 0.768. The molecule has 84 valence electrons. The molecule has 1 saturated heterocycles. The summed E-state index contributed by atoms with van der Waals surface area (Å²) in [5.74, 6) is 0. The number of hydrogen-bond acceptors (Lipinski definition) is 3. The van der Waals surface area contributed by atoms with Crippen molar-refractivity contribution in [1.29, 1.82) is 0 Å². The standard InChI is InChI=1S/C11H24N2O/c1-9-6-4-3-5-7-13(9)11(8-14)10(2)12/h9-11,14H,3-8,12H2,1-2H3. The number of aliphatic hydroxyl groups excluding tert-OH is 1. The van der Waals surface area contributed by atoms with E-state index in [9.17, 15) is 5.11 Å². The van der Waals surface area contributed by atoms with Gasteiger partial charge in [0.1, 0.15) is 0 Å². The number of likely N-dealkylation sites (tertiary alicyclic amines) is 1. The third kappa shape index (κ3) is 2.94. The first kappa shape index (κ1) is 12.0. The lowest BCUT2D eigenvalue weighted by Gasteiger charge is -2.36. The second kappa shape index (κ2) is 5.69. The van der Waals surface area contributed by atoms with Crippen LogP contribution < -0.4 is 5.73 Å². The maximum absolute atomic E-state index is 9.34. The van der Waals surface area contributed by atoms with Crippen molar-refractivity contribution in [3.8, 4) is 0 Å². The zero-order valence-corrected chi connectivity index (χ0v) is 9.45. The Labute approximate surface area is 87.3 Å². The molecule has 0 aliphatic carbocycles. The van der Waals surface area contributed by atoms with Crippen LogP contribution in [-0.2, 0) is 0 Å². The van der Waals surface area contributed by atoms with E-state index in [0.29, 0.717) is 6.04 Å². The van der Waals surface area contributed by atoms with Gasteiger partial charge < -0.3 is 10.8 Å². The van der Waals surface area contributed by atoms with E-state index in [1.54, 1.807) is 0 Å². The van der Waals surface area contributed by atoms with Crippen LogP contribution in [0, 0.1) is 0 Å². The summed E-state index contributed by atoms with van der Waals surface area (Å²) >= 11 is 0. The molecule has 3 nitrogen and oxygen atoms in total. The van der Waals surface area contributed by atoms with E-state index in [1.807, 2.05) is 6.92 Å². The van der Waals surface area contributed by atoms with Crippen molar-refractivity contribution < 1.29 is 5.11 Å². The SMILES string of the molecule is CC(N)C(CO)N1CCCCCC1C. The van der Waals surface area contributed by atoms with E-state index >= 15 is 0 Å². The third-order valence-corrected chi connectivity index (χ3v) is 3.32. The molecular formula is C11H24N2O. The zero-order valence-electron chi connectivity index (χ0n) is 9.45. The summed E-state index contributed by atoms with van der Waals surface area (Å²) in [4.78, 5) is 2.39. The molecule has 3 N–H and O–H groups in total. The van der Waals surface area contributed by atoms with Crippen molar-refractivity contribution in [1.82, 2.24) is 4.90 Å². The van der Waals surface area contributed by atoms with Crippen LogP contribution in [0.3, 0.4) is 0 Å². The van der Waals surface area contributed by atoms with Gasteiger partial charge in [-0.1, -0.05) is 12.8 Å². The minimum absolute atomic E-state index is 0.0561. The van der Waals surface area contributed by atoms with E-state index in [4.69, 9.17) is 5.73 Å². The minimum atomic E-state index is 0.0561. The minimum Gasteiger partial charge on any atom is -0.395 e. The summed E-state index contributed by atoms with van der Waals surface area (Å²) in [5.41, 5.74) is 5.89. The second-order valence-corrected chi connectivity index (χ2v) is 4.55. The molecule has 0 spiro atoms. The highest BCUT2D eigenvalue weighted by Gasteiger charge is 2.26. The summed E-state index contributed by atoms with van der Waals surface area (Å²) in [6.45, 7) is 5.50. The molecule has 0 bridgehead atoms. The van der Waals surface area contributed by atoms with Crippen molar-refractivity contribution in [3.63, 3.8) is 0 Å². The number of nitrogens with two attached hydrogens (primary N) is 1. The molecule has 0 aromatic rings. The van der Waals surface area contributed by atoms with Crippen LogP contribution in [0.5, 0.6) is 0 Å². The van der Waals surface area contributed by atoms with Crippen LogP contribution in [0.15, 0.2) is 0 Å². The molecule has 3 atom stereocenters. The Morgan fingerprint density at radius 3 is 2.71 bits per heavy atom. The molecule has 14 heavy (non-hydrogen) atoms. The van der Waals surface area contributed by atoms with Crippen LogP contribution >= 0.6 is 0 Å². The highest BCUT2D eigenvalue weighted by molar-refractivity contribution is 4.83. The Morgan fingerprint density at radius 2 is 2.14 bits per heavy atom. The largest absolute Gasteiger partial charge is 0.395 e. The highest BCUT2D eigenvalue weighted by Crippen LogP contribution is 2.19. The smallest absolute Gasteiger partial charge is 0.0601 e. The lowest BCUT2D eigenvalue weighted by atomic mass is 10.1. The average Bonchev–Trinajstić information content (AvgIpc) is 2.33. The first-order valence-electron chi connectivity index (χ1n) is 5.79. The summed E-state index contributed by atoms with van der Waals surface area (Å²) < 4.78 is 0. The van der Waals surface area contributed by atoms with Crippen molar-refractivity contribution in [2.45, 2.75) is 57.7 Å². The predicted molar refractivity (Wildman–Crippen MR) is 59.2 cm³/mol. The molecule has 1 fully saturated rings. The van der Waals surface area contributed by atoms with Gasteiger partial charge in [0, 0.05) is 18.1 Å². The van der Waals surface area contributed by atoms with Gasteiger partial charge in [0.15, 0.2) is 0 Å². The van der Waals surface area contributed by atoms with Crippen LogP contribution in [0.1, 0.15) is 39.5 Å². The topological polar surface area (TPSA) is 49.5 Å². The molecule has 0 aromatic heterocycles. The Bertz CT molecular complexity index is 161. The lowest BCUT2D eigenvalue weighted by molar-refractivity contribution is 0.0784. The van der Waals surface area contributed by atoms with Gasteiger partial charge >= 0.3 is 0 Å². The van der Waals surface area contributed by atoms with Gasteiger partial charge in [-0.05, 0) is 33.2 Å². The molecule has 1 rings (SSSR count). The molecule has 0 aromatic carbocycles. The Hall–Kier alpha value is -0.120. The summed E-state index contributed by atoms with van der Waals surface area (Å²) in [7, 11) is 0. The molecule has 0 radical (unpaired) electrons. The Morgan fingerprint density at radius 1 is 1.43 bits per heavy atom. The molecule has 1 aliphatic rings. The highest BCUT2D eigenvalue weighted by atomic mass is 16.3. The Kier molecular flexibility index (Phi) is 4.85. The van der Waals surface area contributed by atoms with Crippen molar-refractivity contribution in [2.24, 2.45) is 5.73 Å². The van der Waals surface area contributed by atoms with Gasteiger partial charge in [-0.25, -0.2) is 0 Å². The fourth-order valence-corrected chi connectivity index (χ4v) is 2.36. The van der Waals surface area contributed by atoms with Crippen LogP contribution in [-0.4, -0.2) is 41.3 Å². The fraction of sp³-hybridized carbons (Fsp3) is 1.00. The van der Waals surface area contributed by atoms with Crippen molar-refractivity contribution in [2.75, 3.05) is 13.2 Å². The van der Waals surface area contributed by atoms with Crippen molar-refractivity contribution in [3.05, 3.63) is 0 Å². The van der Waals surface area contributed by atoms with Gasteiger partial charge in [0.25, 0.3) is 0 Å². The monoisotopic (exact) mass is 200 g/mol. The molecule has 3 unspecified atom stereocenters. The van der Waals surface area contributed by atoms with Gasteiger partial charge in [-0.3, -0.25) is 4.90 Å². The molecule has 1 aliphatic heterocycles. The van der Waals surface area contributed by atoms with E-state index in [1.165, 1.54) is 25.7 Å². The summed E-state index contributed by atoms with van der Waals surface area (Å²) in [5, 5.41) is 9.34. The molecular weight excluding hydrogens is 176 g/mol. The van der Waals surface area contributed by atoms with E-state index < -0.39 is 0 Å². The first-order valence-corrected chi connectivity index (χ1v) is 5.79. The summed E-state index contributed by atoms with van der Waals surface area (Å²) in [6.07, 6.45) is 5.11. The number of nitrogens with zero attached hydrogens (tertiary/aromatic N) is 1. The van der Waals surface area contributed by atoms with Crippen molar-refractivity contribution >= 4 is 0 Å². The first-order chi connectivity index (χ1) is 6.66. The lowest BCUT2D eigenvalue weighted by Crippen LogP contribution is -2.52. The predicted octanol–water partition coefficient (Wildman–Crippen LogP) is 0.959. The van der Waals surface area contributed by atoms with Gasteiger partial charge in [0.05, 0.1) is 6.61 Å². The van der Waals surface area contributed by atoms with Crippen LogP contribution in [0.2, 0.25) is 0 Å². The molecule has 0 saturated carbocycles. The van der Waals surface area contributed by atoms with Gasteiger partial charge in [0.2, 0.25) is 0 Å². The van der Waals surface area contributed by atoms with E-state index in [-0.39, 0.29) is 18.7 Å². The third-order valence-electron chi connectivity index (χ3n) is 3.32. The quantitative estimate of drug-likeness (QED) is 0.713. The maximum atomic E-state index is 9.34. The molecule has 3 heteroatoms. The van der Waals surface area contributed by atoms with Crippen LogP contribution in [0.25, 0.3) is 0 Å². The average molecular weight is 200 g/mol. The number of rotatable bonds is 3. The van der Waals surface area contributed by atoms with E-state index in [0.717, 1.165) is 6.54 Å². The molecule has 0 amide bonds. The second-order valence-electron chi connectivity index (χ2n) is 4.55. The fourth-order valence-electron chi connectivity index (χ4n) is 2.36. The molecule has 1 heterocycles. The van der Waals surface area contributed by atoms with E-state index in [2.05, 4.69) is 11.8 Å². The maximum Gasteiger partial charge on any atom is 0.0601 e. The van der Waals surface area contributed by atoms with Crippen LogP contribution in [0.4, 0.5) is 0 Å². The normalized spacial score (nSPS) is 29.6. The van der Waals surface area contributed by atoms with Gasteiger partial charge in [-0.2, -0.15) is 0 Å². The van der Waals surface area contributed by atoms with Gasteiger partial charge in [-0.15, -0.1) is 0 Å².